The van der Waals surface area contributed by atoms with Crippen LogP contribution in [0.15, 0.2) is 0 Å². The van der Waals surface area contributed by atoms with E-state index in [0.29, 0.717) is 0 Å². The van der Waals surface area contributed by atoms with Crippen LogP contribution in [0.5, 0.6) is 0 Å². The van der Waals surface area contributed by atoms with Crippen LogP contribution in [0.4, 0.5) is 0 Å². The lowest BCUT2D eigenvalue weighted by atomic mass is 10.0. The number of ether oxygens (including phenoxy) is 1. The number of nitrogens with one attached hydrogen (secondary N) is 1. The largest absolute Gasteiger partial charge is 0.394 e. The molecule has 108 valence electrons. The smallest absolute Gasteiger partial charge is 0.249 e. The van der Waals surface area contributed by atoms with Crippen LogP contribution in [0, 0.1) is 0 Å². The fourth-order valence-corrected chi connectivity index (χ4v) is 1.42. The molecule has 0 rings (SSSR count). The van der Waals surface area contributed by atoms with Crippen molar-refractivity contribution in [2.75, 3.05) is 19.8 Å². The molecule has 0 aliphatic rings. The van der Waals surface area contributed by atoms with E-state index in [0.717, 1.165) is 12.8 Å². The lowest BCUT2D eigenvalue weighted by molar-refractivity contribution is -0.134. The maximum absolute atomic E-state index is 11.4. The molecule has 0 aromatic rings. The van der Waals surface area contributed by atoms with E-state index in [-0.39, 0.29) is 12.7 Å². The topological polar surface area (TPSA) is 99.0 Å². The van der Waals surface area contributed by atoms with Gasteiger partial charge in [-0.05, 0) is 19.8 Å². The van der Waals surface area contributed by atoms with E-state index in [2.05, 4.69) is 5.32 Å². The second-order valence-electron chi connectivity index (χ2n) is 4.51. The van der Waals surface area contributed by atoms with Gasteiger partial charge in [0.2, 0.25) is 5.91 Å². The number of aliphatic hydroxyl groups excluding tert-OH is 3. The first-order valence-corrected chi connectivity index (χ1v) is 6.28. The minimum Gasteiger partial charge on any atom is -0.394 e. The van der Waals surface area contributed by atoms with Crippen molar-refractivity contribution in [1.82, 2.24) is 5.32 Å². The van der Waals surface area contributed by atoms with Crippen molar-refractivity contribution in [2.45, 2.75) is 51.4 Å². The first kappa shape index (κ1) is 17.3. The third-order valence-electron chi connectivity index (χ3n) is 2.88. The first-order valence-electron chi connectivity index (χ1n) is 6.28. The molecule has 0 saturated carbocycles. The maximum atomic E-state index is 11.4. The number of rotatable bonds is 9. The highest BCUT2D eigenvalue weighted by atomic mass is 16.5. The van der Waals surface area contributed by atoms with Crippen LogP contribution in [0.2, 0.25) is 0 Å². The van der Waals surface area contributed by atoms with Crippen LogP contribution >= 0.6 is 0 Å². The summed E-state index contributed by atoms with van der Waals surface area (Å²) in [6.07, 6.45) is 0.447. The first-order chi connectivity index (χ1) is 8.44. The van der Waals surface area contributed by atoms with E-state index in [1.807, 2.05) is 13.8 Å². The van der Waals surface area contributed by atoms with Crippen molar-refractivity contribution in [3.8, 4) is 0 Å². The van der Waals surface area contributed by atoms with Gasteiger partial charge < -0.3 is 25.4 Å². The van der Waals surface area contributed by atoms with E-state index in [4.69, 9.17) is 9.84 Å². The molecule has 1 atom stereocenters. The van der Waals surface area contributed by atoms with Gasteiger partial charge >= 0.3 is 0 Å². The predicted octanol–water partition coefficient (Wildman–Crippen LogP) is -0.588. The van der Waals surface area contributed by atoms with E-state index in [1.165, 1.54) is 6.92 Å². The Morgan fingerprint density at radius 2 is 1.78 bits per heavy atom. The molecule has 0 aromatic carbocycles. The summed E-state index contributed by atoms with van der Waals surface area (Å²) in [7, 11) is 0. The average molecular weight is 263 g/mol. The number of aliphatic hydroxyl groups is 3. The lowest BCUT2D eigenvalue weighted by Gasteiger charge is -2.32. The SMILES string of the molecule is CCC(CC)OCC(CO)(CO)NC(=O)C(C)O. The van der Waals surface area contributed by atoms with Gasteiger partial charge in [-0.3, -0.25) is 4.79 Å². The van der Waals surface area contributed by atoms with Crippen molar-refractivity contribution in [2.24, 2.45) is 0 Å². The average Bonchev–Trinajstić information content (AvgIpc) is 2.38. The highest BCUT2D eigenvalue weighted by Crippen LogP contribution is 2.10. The molecule has 0 saturated heterocycles. The minimum absolute atomic E-state index is 0.00477. The molecule has 0 fully saturated rings. The number of carbonyl (C=O) groups excluding carboxylic acids is 1. The molecular weight excluding hydrogens is 238 g/mol. The lowest BCUT2D eigenvalue weighted by Crippen LogP contribution is -2.59. The Balaban J connectivity index is 4.55. The normalized spacial score (nSPS) is 13.7. The molecule has 4 N–H and O–H groups in total. The summed E-state index contributed by atoms with van der Waals surface area (Å²) in [4.78, 5) is 11.4. The molecule has 0 aromatic heterocycles. The quantitative estimate of drug-likeness (QED) is 0.446. The minimum atomic E-state index is -1.25. The molecule has 18 heavy (non-hydrogen) atoms. The van der Waals surface area contributed by atoms with Crippen LogP contribution in [0.1, 0.15) is 33.6 Å². The standard InChI is InChI=1S/C12H25NO5/c1-4-10(5-2)18-8-12(6-14,7-15)13-11(17)9(3)16/h9-10,14-16H,4-8H2,1-3H3,(H,13,17). The zero-order valence-electron chi connectivity index (χ0n) is 11.3. The van der Waals surface area contributed by atoms with Crippen molar-refractivity contribution >= 4 is 5.91 Å². The Hall–Kier alpha value is -0.690. The Morgan fingerprint density at radius 3 is 2.11 bits per heavy atom. The van der Waals surface area contributed by atoms with E-state index in [9.17, 15) is 15.0 Å². The summed E-state index contributed by atoms with van der Waals surface area (Å²) in [6.45, 7) is 4.36. The summed E-state index contributed by atoms with van der Waals surface area (Å²) in [6, 6.07) is 0. The monoisotopic (exact) mass is 263 g/mol. The Bertz CT molecular complexity index is 237. The fourth-order valence-electron chi connectivity index (χ4n) is 1.42. The molecule has 1 unspecified atom stereocenters. The maximum Gasteiger partial charge on any atom is 0.249 e. The van der Waals surface area contributed by atoms with Gasteiger partial charge in [-0.25, -0.2) is 0 Å². The second kappa shape index (κ2) is 8.42. The van der Waals surface area contributed by atoms with Crippen LogP contribution in [0.3, 0.4) is 0 Å². The van der Waals surface area contributed by atoms with Gasteiger partial charge in [0.15, 0.2) is 0 Å². The summed E-state index contributed by atoms with van der Waals surface area (Å²) in [5.74, 6) is -0.647. The Morgan fingerprint density at radius 1 is 1.28 bits per heavy atom. The number of carbonyl (C=O) groups is 1. The van der Waals surface area contributed by atoms with Gasteiger partial charge in [0.25, 0.3) is 0 Å². The Kier molecular flexibility index (Phi) is 8.10. The molecule has 0 spiro atoms. The van der Waals surface area contributed by atoms with E-state index in [1.54, 1.807) is 0 Å². The van der Waals surface area contributed by atoms with Gasteiger partial charge in [0, 0.05) is 0 Å². The van der Waals surface area contributed by atoms with Gasteiger partial charge in [-0.1, -0.05) is 13.8 Å². The molecule has 0 aliphatic heterocycles. The summed E-state index contributed by atoms with van der Waals surface area (Å²) < 4.78 is 5.55. The van der Waals surface area contributed by atoms with Crippen LogP contribution < -0.4 is 5.32 Å². The molecule has 0 aliphatic carbocycles. The molecule has 6 heteroatoms. The molecule has 6 nitrogen and oxygen atoms in total. The molecule has 0 radical (unpaired) electrons. The van der Waals surface area contributed by atoms with Gasteiger partial charge in [0.05, 0.1) is 25.9 Å². The summed E-state index contributed by atoms with van der Waals surface area (Å²) >= 11 is 0. The van der Waals surface area contributed by atoms with Gasteiger partial charge in [0.1, 0.15) is 11.6 Å². The summed E-state index contributed by atoms with van der Waals surface area (Å²) in [5.41, 5.74) is -1.25. The second-order valence-corrected chi connectivity index (χ2v) is 4.51. The van der Waals surface area contributed by atoms with Crippen molar-refractivity contribution < 1.29 is 24.9 Å². The highest BCUT2D eigenvalue weighted by Gasteiger charge is 2.33. The molecule has 0 heterocycles. The van der Waals surface area contributed by atoms with Crippen molar-refractivity contribution in [1.29, 1.82) is 0 Å². The highest BCUT2D eigenvalue weighted by molar-refractivity contribution is 5.80. The van der Waals surface area contributed by atoms with Crippen LogP contribution in [0.25, 0.3) is 0 Å². The molecular formula is C12H25NO5. The predicted molar refractivity (Wildman–Crippen MR) is 67.0 cm³/mol. The zero-order chi connectivity index (χ0) is 14.2. The van der Waals surface area contributed by atoms with E-state index < -0.39 is 30.8 Å². The molecule has 1 amide bonds. The Labute approximate surface area is 108 Å². The number of amides is 1. The third kappa shape index (κ3) is 5.30. The van der Waals surface area contributed by atoms with Gasteiger partial charge in [-0.2, -0.15) is 0 Å². The van der Waals surface area contributed by atoms with Crippen LogP contribution in [-0.4, -0.2) is 58.8 Å². The van der Waals surface area contributed by atoms with Crippen molar-refractivity contribution in [3.63, 3.8) is 0 Å². The number of hydrogen-bond donors (Lipinski definition) is 4. The third-order valence-corrected chi connectivity index (χ3v) is 2.88. The zero-order valence-corrected chi connectivity index (χ0v) is 11.3. The fraction of sp³-hybridized carbons (Fsp3) is 0.917. The van der Waals surface area contributed by atoms with E-state index >= 15 is 0 Å². The number of hydrogen-bond acceptors (Lipinski definition) is 5. The van der Waals surface area contributed by atoms with Gasteiger partial charge in [-0.15, -0.1) is 0 Å². The van der Waals surface area contributed by atoms with Crippen molar-refractivity contribution in [3.05, 3.63) is 0 Å². The summed E-state index contributed by atoms with van der Waals surface area (Å²) in [5, 5.41) is 30.2. The molecule has 0 bridgehead atoms. The van der Waals surface area contributed by atoms with Crippen LogP contribution in [-0.2, 0) is 9.53 Å².